The van der Waals surface area contributed by atoms with Crippen LogP contribution in [0.5, 0.6) is 0 Å². The summed E-state index contributed by atoms with van der Waals surface area (Å²) in [6, 6.07) is 16.2. The first kappa shape index (κ1) is 20.5. The van der Waals surface area contributed by atoms with Crippen molar-refractivity contribution in [1.82, 2.24) is 10.6 Å². The Morgan fingerprint density at radius 2 is 1.65 bits per heavy atom. The second-order valence-corrected chi connectivity index (χ2v) is 7.79. The van der Waals surface area contributed by atoms with Crippen LogP contribution in [0.15, 0.2) is 48.5 Å². The van der Waals surface area contributed by atoms with Crippen molar-refractivity contribution in [3.8, 4) is 23.0 Å². The summed E-state index contributed by atoms with van der Waals surface area (Å²) in [6.07, 6.45) is 0.931. The molecule has 0 heterocycles. The maximum atomic E-state index is 12.4. The van der Waals surface area contributed by atoms with Crippen LogP contribution < -0.4 is 10.6 Å². The van der Waals surface area contributed by atoms with Gasteiger partial charge in [0.15, 0.2) is 0 Å². The van der Waals surface area contributed by atoms with Gasteiger partial charge in [0.05, 0.1) is 12.1 Å². The summed E-state index contributed by atoms with van der Waals surface area (Å²) in [4.78, 5) is 34.8. The van der Waals surface area contributed by atoms with E-state index in [-0.39, 0.29) is 31.4 Å². The Bertz CT molecular complexity index is 1050. The smallest absolute Gasteiger partial charge is 0.407 e. The first-order chi connectivity index (χ1) is 15.0. The van der Waals surface area contributed by atoms with Gasteiger partial charge in [0.25, 0.3) is 0 Å². The molecule has 2 aliphatic carbocycles. The number of carboxylic acids is 1. The van der Waals surface area contributed by atoms with Crippen molar-refractivity contribution in [3.63, 3.8) is 0 Å². The van der Waals surface area contributed by atoms with E-state index in [0.717, 1.165) is 22.3 Å². The third-order valence-electron chi connectivity index (χ3n) is 5.63. The molecule has 0 aliphatic heterocycles. The molecule has 31 heavy (non-hydrogen) atoms. The Balaban J connectivity index is 1.31. The average Bonchev–Trinajstić information content (AvgIpc) is 3.42. The lowest BCUT2D eigenvalue weighted by molar-refractivity contribution is -0.130. The van der Waals surface area contributed by atoms with Crippen molar-refractivity contribution in [2.45, 2.75) is 30.7 Å². The molecular formula is C24H22N2O5. The highest BCUT2D eigenvalue weighted by Crippen LogP contribution is 2.44. The van der Waals surface area contributed by atoms with Crippen molar-refractivity contribution < 1.29 is 24.2 Å². The number of carbonyl (C=O) groups excluding carboxylic acids is 2. The van der Waals surface area contributed by atoms with Crippen LogP contribution in [0.3, 0.4) is 0 Å². The van der Waals surface area contributed by atoms with E-state index in [9.17, 15) is 14.4 Å². The van der Waals surface area contributed by atoms with E-state index >= 15 is 0 Å². The Morgan fingerprint density at radius 3 is 2.23 bits per heavy atom. The Labute approximate surface area is 179 Å². The number of carbonyl (C=O) groups is 3. The van der Waals surface area contributed by atoms with Gasteiger partial charge in [-0.1, -0.05) is 54.5 Å². The summed E-state index contributed by atoms with van der Waals surface area (Å²) in [7, 11) is 0. The van der Waals surface area contributed by atoms with E-state index in [4.69, 9.17) is 9.84 Å². The molecule has 0 spiro atoms. The van der Waals surface area contributed by atoms with Gasteiger partial charge < -0.3 is 20.5 Å². The zero-order chi connectivity index (χ0) is 21.8. The lowest BCUT2D eigenvalue weighted by Gasteiger charge is -2.19. The van der Waals surface area contributed by atoms with Crippen molar-refractivity contribution in [2.75, 3.05) is 13.2 Å². The zero-order valence-electron chi connectivity index (χ0n) is 16.8. The molecule has 2 aliphatic rings. The fourth-order valence-corrected chi connectivity index (χ4v) is 3.98. The van der Waals surface area contributed by atoms with Gasteiger partial charge in [0.2, 0.25) is 5.91 Å². The van der Waals surface area contributed by atoms with Crippen LogP contribution in [0, 0.1) is 11.8 Å². The molecule has 3 N–H and O–H groups in total. The van der Waals surface area contributed by atoms with Gasteiger partial charge in [0, 0.05) is 18.3 Å². The highest BCUT2D eigenvalue weighted by atomic mass is 16.5. The van der Waals surface area contributed by atoms with Crippen molar-refractivity contribution in [3.05, 3.63) is 59.7 Å². The third kappa shape index (κ3) is 4.69. The maximum absolute atomic E-state index is 12.4. The average molecular weight is 418 g/mol. The normalized spacial score (nSPS) is 15.0. The van der Waals surface area contributed by atoms with E-state index in [2.05, 4.69) is 40.8 Å². The van der Waals surface area contributed by atoms with E-state index < -0.39 is 17.6 Å². The number of benzene rings is 2. The number of nitrogens with one attached hydrogen (secondary N) is 2. The maximum Gasteiger partial charge on any atom is 0.407 e. The molecule has 0 unspecified atom stereocenters. The molecule has 7 heteroatoms. The molecule has 0 bridgehead atoms. The molecule has 158 valence electrons. The molecule has 1 saturated carbocycles. The molecule has 7 nitrogen and oxygen atoms in total. The minimum absolute atomic E-state index is 0.0237. The molecule has 2 amide bonds. The summed E-state index contributed by atoms with van der Waals surface area (Å²) in [5.41, 5.74) is 3.99. The van der Waals surface area contributed by atoms with Gasteiger partial charge in [-0.05, 0) is 35.1 Å². The lowest BCUT2D eigenvalue weighted by atomic mass is 9.98. The summed E-state index contributed by atoms with van der Waals surface area (Å²) >= 11 is 0. The Hall–Kier alpha value is -3.79. The second-order valence-electron chi connectivity index (χ2n) is 7.79. The van der Waals surface area contributed by atoms with E-state index in [1.54, 1.807) is 0 Å². The van der Waals surface area contributed by atoms with Crippen LogP contribution in [-0.4, -0.2) is 41.8 Å². The van der Waals surface area contributed by atoms with Crippen LogP contribution in [0.1, 0.15) is 36.3 Å². The van der Waals surface area contributed by atoms with Crippen LogP contribution in [0.2, 0.25) is 0 Å². The van der Waals surface area contributed by atoms with E-state index in [0.29, 0.717) is 12.8 Å². The molecule has 1 fully saturated rings. The lowest BCUT2D eigenvalue weighted by Crippen LogP contribution is -2.41. The van der Waals surface area contributed by atoms with Gasteiger partial charge in [-0.25, -0.2) is 9.59 Å². The summed E-state index contributed by atoms with van der Waals surface area (Å²) in [5.74, 6) is 2.70. The SMILES string of the molecule is O=C(O)C#CCNC(=O)CC1(NC(=O)OCC2c3ccccc3-c3ccccc32)CC1. The molecule has 4 rings (SSSR count). The number of rotatable bonds is 6. The zero-order valence-corrected chi connectivity index (χ0v) is 16.8. The Morgan fingerprint density at radius 1 is 1.03 bits per heavy atom. The summed E-state index contributed by atoms with van der Waals surface area (Å²) < 4.78 is 5.55. The molecule has 0 aromatic heterocycles. The largest absolute Gasteiger partial charge is 0.472 e. The molecule has 2 aromatic rings. The molecule has 2 aromatic carbocycles. The van der Waals surface area contributed by atoms with Crippen molar-refractivity contribution in [2.24, 2.45) is 0 Å². The van der Waals surface area contributed by atoms with Crippen molar-refractivity contribution in [1.29, 1.82) is 0 Å². The molecule has 0 radical (unpaired) electrons. The number of ether oxygens (including phenoxy) is 1. The first-order valence-electron chi connectivity index (χ1n) is 10.1. The van der Waals surface area contributed by atoms with Gasteiger partial charge in [-0.15, -0.1) is 0 Å². The fourth-order valence-electron chi connectivity index (χ4n) is 3.98. The third-order valence-corrected chi connectivity index (χ3v) is 5.63. The number of fused-ring (bicyclic) bond motifs is 3. The van der Waals surface area contributed by atoms with Gasteiger partial charge >= 0.3 is 12.1 Å². The van der Waals surface area contributed by atoms with Crippen molar-refractivity contribution >= 4 is 18.0 Å². The quantitative estimate of drug-likeness (QED) is 0.626. The van der Waals surface area contributed by atoms with Gasteiger partial charge in [-0.3, -0.25) is 4.79 Å². The predicted octanol–water partition coefficient (Wildman–Crippen LogP) is 2.65. The van der Waals surface area contributed by atoms with Gasteiger partial charge in [-0.2, -0.15) is 0 Å². The predicted molar refractivity (Wildman–Crippen MR) is 113 cm³/mol. The first-order valence-corrected chi connectivity index (χ1v) is 10.1. The van der Waals surface area contributed by atoms with E-state index in [1.165, 1.54) is 0 Å². The second kappa shape index (κ2) is 8.52. The van der Waals surface area contributed by atoms with Crippen LogP contribution in [-0.2, 0) is 14.3 Å². The highest BCUT2D eigenvalue weighted by molar-refractivity contribution is 5.86. The number of carboxylic acid groups (broad SMARTS) is 1. The van der Waals surface area contributed by atoms with Crippen LogP contribution in [0.25, 0.3) is 11.1 Å². The number of hydrogen-bond donors (Lipinski definition) is 3. The monoisotopic (exact) mass is 418 g/mol. The molecular weight excluding hydrogens is 396 g/mol. The number of hydrogen-bond acceptors (Lipinski definition) is 4. The fraction of sp³-hybridized carbons (Fsp3) is 0.292. The minimum Gasteiger partial charge on any atom is -0.472 e. The number of amides is 2. The van der Waals surface area contributed by atoms with Crippen LogP contribution in [0.4, 0.5) is 4.79 Å². The Kier molecular flexibility index (Phi) is 5.63. The topological polar surface area (TPSA) is 105 Å². The van der Waals surface area contributed by atoms with Gasteiger partial charge in [0.1, 0.15) is 6.61 Å². The van der Waals surface area contributed by atoms with E-state index in [1.807, 2.05) is 30.2 Å². The highest BCUT2D eigenvalue weighted by Gasteiger charge is 2.46. The number of alkyl carbamates (subject to hydrolysis) is 1. The van der Waals surface area contributed by atoms with Crippen LogP contribution >= 0.6 is 0 Å². The molecule has 0 saturated heterocycles. The minimum atomic E-state index is -1.25. The molecule has 0 atom stereocenters. The summed E-state index contributed by atoms with van der Waals surface area (Å²) in [6.45, 7) is 0.166. The number of aliphatic carboxylic acids is 1. The standard InChI is InChI=1S/C24H22N2O5/c27-21(25-13-5-10-22(28)29)14-24(11-12-24)26-23(30)31-15-20-18-8-3-1-6-16(18)17-7-2-4-9-19(17)20/h1-4,6-9,20H,11-15H2,(H,25,27)(H,26,30)(H,28,29). The summed E-state index contributed by atoms with van der Waals surface area (Å²) in [5, 5.41) is 13.8.